The number of hydrazine groups is 1. The van der Waals surface area contributed by atoms with Crippen LogP contribution in [0.3, 0.4) is 0 Å². The number of hydrogen-bond donors (Lipinski definition) is 2. The summed E-state index contributed by atoms with van der Waals surface area (Å²) in [5.74, 6) is 4.59. The first-order valence-corrected chi connectivity index (χ1v) is 7.19. The first kappa shape index (κ1) is 15.4. The Morgan fingerprint density at radius 1 is 1.35 bits per heavy atom. The van der Waals surface area contributed by atoms with E-state index in [1.807, 2.05) is 0 Å². The lowest BCUT2D eigenvalue weighted by molar-refractivity contribution is 0.0824. The zero-order valence-corrected chi connectivity index (χ0v) is 12.1. The number of nitrogens with two attached hydrogens (primary N) is 1. The second-order valence-corrected chi connectivity index (χ2v) is 5.67. The van der Waals surface area contributed by atoms with E-state index < -0.39 is 11.6 Å². The van der Waals surface area contributed by atoms with Crippen LogP contribution >= 0.6 is 0 Å². The van der Waals surface area contributed by atoms with Gasteiger partial charge in [0.15, 0.2) is 0 Å². The summed E-state index contributed by atoms with van der Waals surface area (Å²) in [6.07, 6.45) is 3.14. The van der Waals surface area contributed by atoms with Crippen LogP contribution in [0.1, 0.15) is 44.7 Å². The van der Waals surface area contributed by atoms with Gasteiger partial charge in [0.05, 0.1) is 6.04 Å². The highest BCUT2D eigenvalue weighted by Gasteiger charge is 2.40. The number of nitrogens with zero attached hydrogens (tertiary/aromatic N) is 1. The van der Waals surface area contributed by atoms with E-state index in [-0.39, 0.29) is 11.6 Å². The summed E-state index contributed by atoms with van der Waals surface area (Å²) < 4.78 is 27.2. The van der Waals surface area contributed by atoms with Crippen LogP contribution in [0.4, 0.5) is 8.78 Å². The number of halogens is 2. The highest BCUT2D eigenvalue weighted by Crippen LogP contribution is 2.37. The van der Waals surface area contributed by atoms with E-state index in [1.165, 1.54) is 12.1 Å². The van der Waals surface area contributed by atoms with E-state index in [0.29, 0.717) is 5.56 Å². The third-order valence-electron chi connectivity index (χ3n) is 4.61. The normalized spacial score (nSPS) is 20.9. The van der Waals surface area contributed by atoms with E-state index in [1.54, 1.807) is 0 Å². The minimum atomic E-state index is -0.568. The van der Waals surface area contributed by atoms with Gasteiger partial charge in [0, 0.05) is 17.2 Å². The predicted molar refractivity (Wildman–Crippen MR) is 75.9 cm³/mol. The van der Waals surface area contributed by atoms with Crippen molar-refractivity contribution in [1.29, 1.82) is 0 Å². The number of likely N-dealkylation sites (tertiary alicyclic amines) is 1. The average Bonchev–Trinajstić information content (AvgIpc) is 2.96. The largest absolute Gasteiger partial charge is 0.296 e. The molecule has 1 aliphatic rings. The molecular formula is C15H23F2N3. The summed E-state index contributed by atoms with van der Waals surface area (Å²) in [6, 6.07) is 3.31. The van der Waals surface area contributed by atoms with Crippen molar-refractivity contribution >= 4 is 0 Å². The molecule has 0 saturated carbocycles. The fraction of sp³-hybridized carbons (Fsp3) is 0.600. The minimum absolute atomic E-state index is 0.288. The molecule has 0 amide bonds. The highest BCUT2D eigenvalue weighted by molar-refractivity contribution is 5.25. The molecule has 1 fully saturated rings. The van der Waals surface area contributed by atoms with Gasteiger partial charge in [0.2, 0.25) is 0 Å². The lowest BCUT2D eigenvalue weighted by Crippen LogP contribution is -2.55. The minimum Gasteiger partial charge on any atom is -0.296 e. The second kappa shape index (κ2) is 6.16. The van der Waals surface area contributed by atoms with Gasteiger partial charge in [0.25, 0.3) is 0 Å². The predicted octanol–water partition coefficient (Wildman–Crippen LogP) is 2.73. The molecule has 1 aromatic carbocycles. The molecule has 20 heavy (non-hydrogen) atoms. The van der Waals surface area contributed by atoms with Crippen LogP contribution in [0.2, 0.25) is 0 Å². The first-order chi connectivity index (χ1) is 9.52. The van der Waals surface area contributed by atoms with Crippen molar-refractivity contribution in [3.63, 3.8) is 0 Å². The second-order valence-electron chi connectivity index (χ2n) is 5.67. The van der Waals surface area contributed by atoms with Crippen LogP contribution in [0.5, 0.6) is 0 Å². The monoisotopic (exact) mass is 283 g/mol. The van der Waals surface area contributed by atoms with E-state index in [9.17, 15) is 8.78 Å². The zero-order valence-electron chi connectivity index (χ0n) is 12.1. The summed E-state index contributed by atoms with van der Waals surface area (Å²) in [4.78, 5) is 2.35. The third kappa shape index (κ3) is 2.71. The van der Waals surface area contributed by atoms with Crippen molar-refractivity contribution in [3.05, 3.63) is 35.4 Å². The van der Waals surface area contributed by atoms with Crippen molar-refractivity contribution in [1.82, 2.24) is 10.3 Å². The maximum absolute atomic E-state index is 14.1. The summed E-state index contributed by atoms with van der Waals surface area (Å²) in [5, 5.41) is 0. The van der Waals surface area contributed by atoms with E-state index in [0.717, 1.165) is 38.4 Å². The lowest BCUT2D eigenvalue weighted by Gasteiger charge is -2.44. The molecule has 1 aromatic rings. The molecule has 1 saturated heterocycles. The molecule has 2 atom stereocenters. The van der Waals surface area contributed by atoms with Crippen molar-refractivity contribution in [2.45, 2.75) is 44.7 Å². The molecule has 2 unspecified atom stereocenters. The summed E-state index contributed by atoms with van der Waals surface area (Å²) in [6.45, 7) is 6.15. The Labute approximate surface area is 119 Å². The van der Waals surface area contributed by atoms with Crippen LogP contribution in [0, 0.1) is 11.6 Å². The summed E-state index contributed by atoms with van der Waals surface area (Å²) in [7, 11) is 0. The number of rotatable bonds is 5. The molecule has 0 aliphatic carbocycles. The lowest BCUT2D eigenvalue weighted by atomic mass is 9.83. The van der Waals surface area contributed by atoms with Crippen LogP contribution in [0.25, 0.3) is 0 Å². The number of benzene rings is 1. The molecule has 0 bridgehead atoms. The zero-order chi connectivity index (χ0) is 14.8. The Morgan fingerprint density at radius 3 is 2.50 bits per heavy atom. The smallest absolute Gasteiger partial charge is 0.131 e. The van der Waals surface area contributed by atoms with Crippen molar-refractivity contribution in [3.8, 4) is 0 Å². The quantitative estimate of drug-likeness (QED) is 0.645. The molecule has 5 heteroatoms. The van der Waals surface area contributed by atoms with Gasteiger partial charge in [-0.15, -0.1) is 0 Å². The fourth-order valence-electron chi connectivity index (χ4n) is 3.18. The van der Waals surface area contributed by atoms with Crippen LogP contribution < -0.4 is 11.3 Å². The molecule has 3 nitrogen and oxygen atoms in total. The van der Waals surface area contributed by atoms with Gasteiger partial charge < -0.3 is 0 Å². The first-order valence-electron chi connectivity index (χ1n) is 7.19. The molecule has 1 aliphatic heterocycles. The third-order valence-corrected chi connectivity index (χ3v) is 4.61. The van der Waals surface area contributed by atoms with Crippen LogP contribution in [-0.4, -0.2) is 23.5 Å². The molecular weight excluding hydrogens is 260 g/mol. The average molecular weight is 283 g/mol. The van der Waals surface area contributed by atoms with E-state index >= 15 is 0 Å². The highest BCUT2D eigenvalue weighted by atomic mass is 19.1. The Kier molecular flexibility index (Phi) is 4.73. The van der Waals surface area contributed by atoms with Crippen LogP contribution in [0.15, 0.2) is 18.2 Å². The fourth-order valence-corrected chi connectivity index (χ4v) is 3.18. The molecule has 0 radical (unpaired) electrons. The van der Waals surface area contributed by atoms with Gasteiger partial charge in [-0.1, -0.05) is 13.0 Å². The molecule has 1 heterocycles. The van der Waals surface area contributed by atoms with Gasteiger partial charge in [-0.25, -0.2) is 8.78 Å². The molecule has 0 aromatic heterocycles. The molecule has 2 rings (SSSR count). The van der Waals surface area contributed by atoms with Gasteiger partial charge in [-0.3, -0.25) is 16.2 Å². The van der Waals surface area contributed by atoms with E-state index in [4.69, 9.17) is 5.84 Å². The van der Waals surface area contributed by atoms with Gasteiger partial charge in [-0.05, 0) is 45.3 Å². The van der Waals surface area contributed by atoms with Crippen molar-refractivity contribution in [2.24, 2.45) is 5.84 Å². The molecule has 0 spiro atoms. The molecule has 112 valence electrons. The number of hydrogen-bond acceptors (Lipinski definition) is 3. The summed E-state index contributed by atoms with van der Waals surface area (Å²) in [5.41, 5.74) is 2.88. The Morgan fingerprint density at radius 2 is 2.00 bits per heavy atom. The maximum atomic E-state index is 14.1. The Balaban J connectivity index is 2.38. The summed E-state index contributed by atoms with van der Waals surface area (Å²) >= 11 is 0. The topological polar surface area (TPSA) is 41.3 Å². The number of nitrogens with one attached hydrogen (secondary N) is 1. The standard InChI is InChI=1S/C15H23F2N3/c1-3-15(2,20-8-4-5-9-20)14(19-18)12-7-6-11(16)10-13(12)17/h6-7,10,14,19H,3-5,8-9,18H2,1-2H3. The SMILES string of the molecule is CCC(C)(C(NN)c1ccc(F)cc1F)N1CCCC1. The van der Waals surface area contributed by atoms with Crippen molar-refractivity contribution in [2.75, 3.05) is 13.1 Å². The van der Waals surface area contributed by atoms with Crippen molar-refractivity contribution < 1.29 is 8.78 Å². The van der Waals surface area contributed by atoms with Gasteiger partial charge in [-0.2, -0.15) is 0 Å². The Bertz CT molecular complexity index is 460. The van der Waals surface area contributed by atoms with Gasteiger partial charge >= 0.3 is 0 Å². The van der Waals surface area contributed by atoms with E-state index in [2.05, 4.69) is 24.2 Å². The van der Waals surface area contributed by atoms with Crippen LogP contribution in [-0.2, 0) is 0 Å². The molecule has 3 N–H and O–H groups in total. The Hall–Kier alpha value is -1.04. The van der Waals surface area contributed by atoms with Gasteiger partial charge in [0.1, 0.15) is 11.6 Å². The maximum Gasteiger partial charge on any atom is 0.131 e.